The zero-order valence-electron chi connectivity index (χ0n) is 18.8. The molecule has 0 amide bonds. The fourth-order valence-corrected chi connectivity index (χ4v) is 4.63. The first-order chi connectivity index (χ1) is 16.7. The molecule has 6 heteroatoms. The second-order valence-corrected chi connectivity index (χ2v) is 8.59. The molecule has 0 bridgehead atoms. The van der Waals surface area contributed by atoms with E-state index in [2.05, 4.69) is 24.3 Å². The molecule has 2 N–H and O–H groups in total. The van der Waals surface area contributed by atoms with Gasteiger partial charge in [-0.3, -0.25) is 0 Å². The Morgan fingerprint density at radius 3 is 1.26 bits per heavy atom. The summed E-state index contributed by atoms with van der Waals surface area (Å²) in [5, 5.41) is 19.6. The minimum Gasteiger partial charge on any atom is -0.423 e. The summed E-state index contributed by atoms with van der Waals surface area (Å²) in [6.07, 6.45) is 1.52. The first-order valence-electron chi connectivity index (χ1n) is 11.6. The lowest BCUT2D eigenvalue weighted by Crippen LogP contribution is -2.27. The highest BCUT2D eigenvalue weighted by molar-refractivity contribution is 6.62. The summed E-state index contributed by atoms with van der Waals surface area (Å²) in [6, 6.07) is 36.1. The minimum absolute atomic E-state index is 0.0383. The second kappa shape index (κ2) is 10.4. The van der Waals surface area contributed by atoms with E-state index < -0.39 is 14.2 Å². The van der Waals surface area contributed by atoms with Crippen LogP contribution in [0.5, 0.6) is 0 Å². The highest BCUT2D eigenvalue weighted by Gasteiger charge is 2.35. The third kappa shape index (κ3) is 5.01. The van der Waals surface area contributed by atoms with Crippen molar-refractivity contribution in [3.05, 3.63) is 131 Å². The predicted molar refractivity (Wildman–Crippen MR) is 136 cm³/mol. The number of rotatable bonds is 4. The van der Waals surface area contributed by atoms with Gasteiger partial charge in [0.15, 0.2) is 0 Å². The summed E-state index contributed by atoms with van der Waals surface area (Å²) in [6.45, 7) is 0. The van der Waals surface area contributed by atoms with Crippen molar-refractivity contribution in [2.45, 2.75) is 25.0 Å². The molecule has 0 radical (unpaired) electrons. The van der Waals surface area contributed by atoms with Crippen molar-refractivity contribution in [3.63, 3.8) is 0 Å². The SMILES string of the molecule is OB1OC(Cc2ccccc2)c2ccccc21.OB1OC(Cc2ccccc2)c2ccccc21. The van der Waals surface area contributed by atoms with Crippen molar-refractivity contribution in [1.82, 2.24) is 0 Å². The predicted octanol–water partition coefficient (Wildman–Crippen LogP) is 3.38. The Bertz CT molecular complexity index is 1120. The molecule has 0 spiro atoms. The van der Waals surface area contributed by atoms with Crippen molar-refractivity contribution < 1.29 is 19.4 Å². The van der Waals surface area contributed by atoms with Crippen LogP contribution in [-0.2, 0) is 22.2 Å². The fraction of sp³-hybridized carbons (Fsp3) is 0.143. The molecule has 0 saturated heterocycles. The normalized spacial score (nSPS) is 18.2. The number of benzene rings is 4. The fourth-order valence-electron chi connectivity index (χ4n) is 4.63. The zero-order valence-corrected chi connectivity index (χ0v) is 18.8. The van der Waals surface area contributed by atoms with Gasteiger partial charge >= 0.3 is 14.2 Å². The van der Waals surface area contributed by atoms with Gasteiger partial charge in [0.2, 0.25) is 0 Å². The maximum absolute atomic E-state index is 9.81. The van der Waals surface area contributed by atoms with Crippen LogP contribution in [0.25, 0.3) is 0 Å². The molecule has 4 aromatic rings. The molecule has 2 unspecified atom stereocenters. The van der Waals surface area contributed by atoms with E-state index >= 15 is 0 Å². The molecule has 0 saturated carbocycles. The second-order valence-electron chi connectivity index (χ2n) is 8.59. The summed E-state index contributed by atoms with van der Waals surface area (Å²) in [7, 11) is -1.56. The average Bonchev–Trinajstić information content (AvgIpc) is 3.37. The molecule has 0 aliphatic carbocycles. The maximum atomic E-state index is 9.81. The molecule has 2 aliphatic heterocycles. The van der Waals surface area contributed by atoms with Gasteiger partial charge in [-0.25, -0.2) is 0 Å². The Hall–Kier alpha value is -3.15. The van der Waals surface area contributed by atoms with E-state index in [1.54, 1.807) is 0 Å². The van der Waals surface area contributed by atoms with Gasteiger partial charge in [-0.15, -0.1) is 0 Å². The Morgan fingerprint density at radius 1 is 0.500 bits per heavy atom. The molecule has 2 heterocycles. The molecule has 168 valence electrons. The van der Waals surface area contributed by atoms with E-state index in [9.17, 15) is 10.0 Å². The third-order valence-electron chi connectivity index (χ3n) is 6.33. The lowest BCUT2D eigenvalue weighted by atomic mass is 9.79. The smallest absolute Gasteiger partial charge is 0.423 e. The number of fused-ring (bicyclic) bond motifs is 2. The van der Waals surface area contributed by atoms with Crippen LogP contribution in [0.4, 0.5) is 0 Å². The average molecular weight is 448 g/mol. The monoisotopic (exact) mass is 448 g/mol. The van der Waals surface area contributed by atoms with Crippen LogP contribution in [0.3, 0.4) is 0 Å². The highest BCUT2D eigenvalue weighted by Crippen LogP contribution is 2.27. The molecular weight excluding hydrogens is 422 g/mol. The van der Waals surface area contributed by atoms with Crippen LogP contribution in [-0.4, -0.2) is 24.3 Å². The van der Waals surface area contributed by atoms with Gasteiger partial charge in [-0.2, -0.15) is 0 Å². The summed E-state index contributed by atoms with van der Waals surface area (Å²) >= 11 is 0. The number of hydrogen-bond donors (Lipinski definition) is 2. The molecule has 0 aromatic heterocycles. The molecule has 4 nitrogen and oxygen atoms in total. The molecule has 34 heavy (non-hydrogen) atoms. The maximum Gasteiger partial charge on any atom is 0.491 e. The van der Waals surface area contributed by atoms with Gasteiger partial charge in [-0.1, -0.05) is 109 Å². The van der Waals surface area contributed by atoms with Crippen molar-refractivity contribution >= 4 is 25.2 Å². The molecule has 0 fully saturated rings. The van der Waals surface area contributed by atoms with Crippen molar-refractivity contribution in [2.75, 3.05) is 0 Å². The molecule has 6 rings (SSSR count). The van der Waals surface area contributed by atoms with Crippen LogP contribution in [0.2, 0.25) is 0 Å². The topological polar surface area (TPSA) is 58.9 Å². The first-order valence-corrected chi connectivity index (χ1v) is 11.6. The third-order valence-corrected chi connectivity index (χ3v) is 6.33. The Kier molecular flexibility index (Phi) is 6.93. The molecule has 4 aromatic carbocycles. The minimum atomic E-state index is -0.778. The van der Waals surface area contributed by atoms with E-state index in [1.807, 2.05) is 84.9 Å². The van der Waals surface area contributed by atoms with Crippen molar-refractivity contribution in [2.24, 2.45) is 0 Å². The van der Waals surface area contributed by atoms with Gasteiger partial charge < -0.3 is 19.4 Å². The van der Waals surface area contributed by atoms with E-state index in [4.69, 9.17) is 9.31 Å². The quantitative estimate of drug-likeness (QED) is 0.471. The lowest BCUT2D eigenvalue weighted by Gasteiger charge is -2.12. The van der Waals surface area contributed by atoms with E-state index in [-0.39, 0.29) is 12.2 Å². The van der Waals surface area contributed by atoms with Crippen LogP contribution >= 0.6 is 0 Å². The van der Waals surface area contributed by atoms with Crippen molar-refractivity contribution in [1.29, 1.82) is 0 Å². The Balaban J connectivity index is 0.000000142. The van der Waals surface area contributed by atoms with Gasteiger partial charge in [0.05, 0.1) is 12.2 Å². The summed E-state index contributed by atoms with van der Waals surface area (Å²) in [5.74, 6) is 0. The van der Waals surface area contributed by atoms with Crippen LogP contribution in [0.1, 0.15) is 34.5 Å². The number of hydrogen-bond acceptors (Lipinski definition) is 4. The highest BCUT2D eigenvalue weighted by atomic mass is 16.5. The van der Waals surface area contributed by atoms with Gasteiger partial charge in [0, 0.05) is 12.8 Å². The molecular formula is C28H26B2O4. The van der Waals surface area contributed by atoms with Crippen LogP contribution in [0, 0.1) is 0 Å². The molecule has 2 aliphatic rings. The first kappa shape index (κ1) is 22.6. The Morgan fingerprint density at radius 2 is 0.853 bits per heavy atom. The largest absolute Gasteiger partial charge is 0.491 e. The van der Waals surface area contributed by atoms with E-state index in [0.717, 1.165) is 34.9 Å². The van der Waals surface area contributed by atoms with Gasteiger partial charge in [-0.05, 0) is 33.2 Å². The van der Waals surface area contributed by atoms with Crippen LogP contribution in [0.15, 0.2) is 109 Å². The standard InChI is InChI=1S/2C14H13BO2/c2*16-15-13-9-5-4-8-12(13)14(17-15)10-11-6-2-1-3-7-11/h2*1-9,14,16H,10H2. The van der Waals surface area contributed by atoms with E-state index in [1.165, 1.54) is 11.1 Å². The summed E-state index contributed by atoms with van der Waals surface area (Å²) in [4.78, 5) is 0. The van der Waals surface area contributed by atoms with Gasteiger partial charge in [0.25, 0.3) is 0 Å². The van der Waals surface area contributed by atoms with Gasteiger partial charge in [0.1, 0.15) is 0 Å². The summed E-state index contributed by atoms with van der Waals surface area (Å²) < 4.78 is 11.2. The molecule has 2 atom stereocenters. The van der Waals surface area contributed by atoms with Crippen molar-refractivity contribution in [3.8, 4) is 0 Å². The summed E-state index contributed by atoms with van der Waals surface area (Å²) in [5.41, 5.74) is 6.44. The van der Waals surface area contributed by atoms with Crippen LogP contribution < -0.4 is 10.9 Å². The lowest BCUT2D eigenvalue weighted by molar-refractivity contribution is 0.190. The zero-order chi connectivity index (χ0) is 23.3. The Labute approximate surface area is 201 Å². The van der Waals surface area contributed by atoms with E-state index in [0.29, 0.717) is 0 Å².